The molecule has 3 saturated carbocycles. The predicted molar refractivity (Wildman–Crippen MR) is 203 cm³/mol. The molecule has 3 aromatic carbocycles. The maximum atomic E-state index is 14.5. The SMILES string of the molecule is COc1ccc(C[C@H](Nc2cccc(-c3ccccc3)c2)C(=O)N[C@H](C(=O)N[C@H](CC(C)C)[C@@]23C[C@@H](C[C@H]4O[B]O[C@]42C)C3(C)C)C(C)C)cc1. The van der Waals surface area contributed by atoms with Gasteiger partial charge in [0.05, 0.1) is 18.8 Å². The van der Waals surface area contributed by atoms with Crippen molar-refractivity contribution in [1.82, 2.24) is 10.6 Å². The second-order valence-corrected chi connectivity index (χ2v) is 16.4. The summed E-state index contributed by atoms with van der Waals surface area (Å²) in [5.74, 6) is 1.03. The van der Waals surface area contributed by atoms with Gasteiger partial charge in [0.15, 0.2) is 0 Å². The summed E-state index contributed by atoms with van der Waals surface area (Å²) < 4.78 is 17.8. The highest BCUT2D eigenvalue weighted by Crippen LogP contribution is 2.74. The average Bonchev–Trinajstić information content (AvgIpc) is 3.51. The van der Waals surface area contributed by atoms with Gasteiger partial charge in [-0.1, -0.05) is 96.1 Å². The van der Waals surface area contributed by atoms with Crippen LogP contribution in [0.4, 0.5) is 5.69 Å². The summed E-state index contributed by atoms with van der Waals surface area (Å²) in [5, 5.41) is 10.2. The fourth-order valence-corrected chi connectivity index (χ4v) is 9.36. The van der Waals surface area contributed by atoms with Gasteiger partial charge in [0.2, 0.25) is 11.8 Å². The van der Waals surface area contributed by atoms with Crippen LogP contribution in [0.5, 0.6) is 5.75 Å². The molecule has 2 amide bonds. The van der Waals surface area contributed by atoms with E-state index in [9.17, 15) is 9.59 Å². The molecule has 271 valence electrons. The topological polar surface area (TPSA) is 97.9 Å². The Labute approximate surface area is 305 Å². The van der Waals surface area contributed by atoms with Crippen LogP contribution in [0, 0.1) is 28.6 Å². The van der Waals surface area contributed by atoms with E-state index in [1.165, 1.54) is 7.69 Å². The minimum absolute atomic E-state index is 0.0402. The van der Waals surface area contributed by atoms with Crippen molar-refractivity contribution in [2.45, 2.75) is 104 Å². The lowest BCUT2D eigenvalue weighted by Gasteiger charge is -2.75. The summed E-state index contributed by atoms with van der Waals surface area (Å²) in [6.45, 7) is 15.2. The van der Waals surface area contributed by atoms with Crippen LogP contribution >= 0.6 is 0 Å². The fraction of sp³-hybridized carbons (Fsp3) is 0.524. The van der Waals surface area contributed by atoms with Crippen molar-refractivity contribution in [1.29, 1.82) is 0 Å². The Kier molecular flexibility index (Phi) is 10.6. The van der Waals surface area contributed by atoms with Gasteiger partial charge in [-0.05, 0) is 90.3 Å². The maximum absolute atomic E-state index is 14.5. The van der Waals surface area contributed by atoms with Gasteiger partial charge in [-0.15, -0.1) is 0 Å². The molecule has 3 aliphatic carbocycles. The summed E-state index contributed by atoms with van der Waals surface area (Å²) >= 11 is 0. The normalized spacial score (nSPS) is 26.2. The first-order valence-electron chi connectivity index (χ1n) is 18.6. The van der Waals surface area contributed by atoms with Gasteiger partial charge in [-0.2, -0.15) is 0 Å². The van der Waals surface area contributed by atoms with Crippen LogP contribution in [0.15, 0.2) is 78.9 Å². The average molecular weight is 693 g/mol. The van der Waals surface area contributed by atoms with E-state index in [0.717, 1.165) is 47.4 Å². The van der Waals surface area contributed by atoms with Crippen LogP contribution in [0.25, 0.3) is 11.1 Å². The van der Waals surface area contributed by atoms with Crippen LogP contribution in [0.2, 0.25) is 0 Å². The number of hydrogen-bond acceptors (Lipinski definition) is 6. The minimum atomic E-state index is -0.738. The molecular weight excluding hydrogens is 637 g/mol. The van der Waals surface area contributed by atoms with Crippen molar-refractivity contribution in [2.75, 3.05) is 12.4 Å². The largest absolute Gasteiger partial charge is 0.497 e. The molecule has 1 heterocycles. The monoisotopic (exact) mass is 692 g/mol. The first-order valence-corrected chi connectivity index (χ1v) is 18.6. The molecule has 51 heavy (non-hydrogen) atoms. The van der Waals surface area contributed by atoms with E-state index in [0.29, 0.717) is 18.3 Å². The van der Waals surface area contributed by atoms with Gasteiger partial charge in [0.1, 0.15) is 17.8 Å². The first-order chi connectivity index (χ1) is 24.3. The fourth-order valence-electron chi connectivity index (χ4n) is 9.36. The molecule has 4 aliphatic rings. The number of nitrogens with one attached hydrogen (secondary N) is 3. The summed E-state index contributed by atoms with van der Waals surface area (Å²) in [6.07, 6.45) is 3.09. The lowest BCUT2D eigenvalue weighted by atomic mass is 9.32. The van der Waals surface area contributed by atoms with Crippen molar-refractivity contribution in [3.05, 3.63) is 84.4 Å². The zero-order chi connectivity index (χ0) is 36.6. The molecule has 1 saturated heterocycles. The Morgan fingerprint density at radius 2 is 1.61 bits per heavy atom. The van der Waals surface area contributed by atoms with Crippen LogP contribution in [0.3, 0.4) is 0 Å². The van der Waals surface area contributed by atoms with E-state index in [-0.39, 0.29) is 40.7 Å². The first kappa shape index (κ1) is 37.0. The molecule has 2 bridgehead atoms. The number of carbonyl (C=O) groups excluding carboxylic acids is 2. The standard InChI is InChI=1S/C42H55BN3O5/c1-26(2)21-35(42-25-31(40(42,5)6)24-36-41(42,7)51-43-50-36)45-39(48)37(27(3)4)46-38(47)34(22-28-17-19-33(49-8)20-18-28)44-32-16-12-15-30(23-32)29-13-10-9-11-14-29/h9-20,23,26-27,31,34-37,44H,21-22,24-25H2,1-8H3,(H,45,48)(H,46,47)/t31-,34+,35-,36-,37+,41-,42-/m1/s1. The number of methoxy groups -OCH3 is 1. The van der Waals surface area contributed by atoms with Crippen molar-refractivity contribution >= 4 is 25.2 Å². The Morgan fingerprint density at radius 3 is 2.25 bits per heavy atom. The van der Waals surface area contributed by atoms with E-state index in [1.54, 1.807) is 7.11 Å². The highest BCUT2D eigenvalue weighted by Gasteiger charge is 2.77. The summed E-state index contributed by atoms with van der Waals surface area (Å²) in [5.41, 5.74) is 2.99. The molecule has 7 rings (SSSR count). The Hall–Kier alpha value is -3.82. The molecule has 4 fully saturated rings. The van der Waals surface area contributed by atoms with Gasteiger partial charge in [0.25, 0.3) is 0 Å². The molecule has 0 spiro atoms. The van der Waals surface area contributed by atoms with Gasteiger partial charge >= 0.3 is 7.69 Å². The van der Waals surface area contributed by atoms with E-state index < -0.39 is 17.7 Å². The van der Waals surface area contributed by atoms with Crippen molar-refractivity contribution < 1.29 is 23.6 Å². The molecule has 7 atom stereocenters. The summed E-state index contributed by atoms with van der Waals surface area (Å²) in [7, 11) is 3.15. The van der Waals surface area contributed by atoms with E-state index in [1.807, 2.05) is 68.4 Å². The number of carbonyl (C=O) groups is 2. The highest BCUT2D eigenvalue weighted by molar-refractivity contribution is 6.19. The molecule has 3 aromatic rings. The number of benzene rings is 3. The van der Waals surface area contributed by atoms with Crippen LogP contribution < -0.4 is 20.7 Å². The van der Waals surface area contributed by atoms with E-state index in [2.05, 4.69) is 74.8 Å². The number of rotatable bonds is 14. The maximum Gasteiger partial charge on any atom is 0.488 e. The number of anilines is 1. The van der Waals surface area contributed by atoms with Gasteiger partial charge in [-0.25, -0.2) is 0 Å². The second-order valence-electron chi connectivity index (χ2n) is 16.4. The Bertz CT molecular complexity index is 1680. The molecule has 3 N–H and O–H groups in total. The molecule has 1 radical (unpaired) electrons. The Morgan fingerprint density at radius 1 is 0.902 bits per heavy atom. The quantitative estimate of drug-likeness (QED) is 0.155. The zero-order valence-corrected chi connectivity index (χ0v) is 31.5. The lowest BCUT2D eigenvalue weighted by molar-refractivity contribution is -0.289. The van der Waals surface area contributed by atoms with Crippen molar-refractivity contribution in [2.24, 2.45) is 28.6 Å². The highest BCUT2D eigenvalue weighted by atomic mass is 16.6. The zero-order valence-electron chi connectivity index (χ0n) is 31.5. The molecule has 0 aromatic heterocycles. The third-order valence-corrected chi connectivity index (χ3v) is 12.3. The molecule has 0 unspecified atom stereocenters. The third kappa shape index (κ3) is 6.92. The van der Waals surface area contributed by atoms with Crippen molar-refractivity contribution in [3.63, 3.8) is 0 Å². The third-order valence-electron chi connectivity index (χ3n) is 12.3. The lowest BCUT2D eigenvalue weighted by Crippen LogP contribution is -2.79. The van der Waals surface area contributed by atoms with Crippen LogP contribution in [-0.2, 0) is 25.3 Å². The van der Waals surface area contributed by atoms with Gasteiger partial charge in [0, 0.05) is 23.6 Å². The van der Waals surface area contributed by atoms with Crippen molar-refractivity contribution in [3.8, 4) is 16.9 Å². The summed E-state index contributed by atoms with van der Waals surface area (Å²) in [6, 6.07) is 24.5. The smallest absolute Gasteiger partial charge is 0.488 e. The van der Waals surface area contributed by atoms with Gasteiger partial charge < -0.3 is 30.0 Å². The molecular formula is C42H55BN3O5. The van der Waals surface area contributed by atoms with Crippen LogP contribution in [-0.4, -0.2) is 56.4 Å². The van der Waals surface area contributed by atoms with Crippen LogP contribution in [0.1, 0.15) is 73.3 Å². The molecule has 1 aliphatic heterocycles. The van der Waals surface area contributed by atoms with E-state index >= 15 is 0 Å². The predicted octanol–water partition coefficient (Wildman–Crippen LogP) is 7.20. The molecule has 8 nitrogen and oxygen atoms in total. The second kappa shape index (κ2) is 14.7. The number of hydrogen-bond donors (Lipinski definition) is 3. The van der Waals surface area contributed by atoms with E-state index in [4.69, 9.17) is 14.0 Å². The molecule has 9 heteroatoms. The Balaban J connectivity index is 1.26. The number of ether oxygens (including phenoxy) is 1. The minimum Gasteiger partial charge on any atom is -0.497 e. The summed E-state index contributed by atoms with van der Waals surface area (Å²) in [4.78, 5) is 28.9. The number of amides is 2. The van der Waals surface area contributed by atoms with Gasteiger partial charge in [-0.3, -0.25) is 9.59 Å².